The molecule has 0 aromatic heterocycles. The van der Waals surface area contributed by atoms with Crippen LogP contribution in [0, 0.1) is 5.41 Å². The molecule has 0 aliphatic carbocycles. The van der Waals surface area contributed by atoms with Crippen molar-refractivity contribution < 1.29 is 9.90 Å². The molecule has 0 unspecified atom stereocenters. The minimum atomic E-state index is -0.861. The maximum absolute atomic E-state index is 10.6. The van der Waals surface area contributed by atoms with Crippen LogP contribution in [0.5, 0.6) is 0 Å². The van der Waals surface area contributed by atoms with Crippen molar-refractivity contribution in [1.29, 1.82) is 0 Å². The summed E-state index contributed by atoms with van der Waals surface area (Å²) < 4.78 is 0. The lowest BCUT2D eigenvalue weighted by atomic mass is 9.81. The van der Waals surface area contributed by atoms with Crippen molar-refractivity contribution in [2.24, 2.45) is 11.1 Å². The van der Waals surface area contributed by atoms with Crippen LogP contribution in [0.2, 0.25) is 0 Å². The Labute approximate surface area is 79.6 Å². The zero-order valence-electron chi connectivity index (χ0n) is 8.63. The second-order valence-corrected chi connectivity index (χ2v) is 3.41. The zero-order chi connectivity index (χ0) is 10.5. The fourth-order valence-corrected chi connectivity index (χ4v) is 1.32. The molecule has 3 nitrogen and oxygen atoms in total. The molecule has 3 heteroatoms. The highest BCUT2D eigenvalue weighted by Gasteiger charge is 2.22. The van der Waals surface area contributed by atoms with Crippen LogP contribution in [0.3, 0.4) is 0 Å². The van der Waals surface area contributed by atoms with E-state index in [1.807, 2.05) is 13.8 Å². The Bertz CT molecular complexity index is 197. The summed E-state index contributed by atoms with van der Waals surface area (Å²) in [7, 11) is 0. The molecule has 0 aromatic rings. The standard InChI is InChI=1S/C10H19NO2/c1-4-10(5-2,7-11)6-8(3)9(12)13/h6H,4-5,7,11H2,1-3H3,(H,12,13)/b8-6+. The van der Waals surface area contributed by atoms with Crippen LogP contribution in [-0.2, 0) is 4.79 Å². The number of rotatable bonds is 5. The van der Waals surface area contributed by atoms with E-state index in [4.69, 9.17) is 10.8 Å². The summed E-state index contributed by atoms with van der Waals surface area (Å²) in [5.74, 6) is -0.861. The van der Waals surface area contributed by atoms with E-state index in [0.29, 0.717) is 12.1 Å². The molecule has 0 aromatic carbocycles. The predicted octanol–water partition coefficient (Wildman–Crippen LogP) is 1.78. The molecule has 0 atom stereocenters. The Hall–Kier alpha value is -0.830. The van der Waals surface area contributed by atoms with Gasteiger partial charge in [0.15, 0.2) is 0 Å². The van der Waals surface area contributed by atoms with Gasteiger partial charge in [-0.25, -0.2) is 4.79 Å². The molecule has 0 aliphatic heterocycles. The minimum Gasteiger partial charge on any atom is -0.478 e. The van der Waals surface area contributed by atoms with E-state index in [1.165, 1.54) is 0 Å². The summed E-state index contributed by atoms with van der Waals surface area (Å²) in [6.45, 7) is 6.17. The highest BCUT2D eigenvalue weighted by molar-refractivity contribution is 5.85. The van der Waals surface area contributed by atoms with Crippen molar-refractivity contribution in [1.82, 2.24) is 0 Å². The molecule has 13 heavy (non-hydrogen) atoms. The smallest absolute Gasteiger partial charge is 0.330 e. The van der Waals surface area contributed by atoms with Crippen LogP contribution in [0.1, 0.15) is 33.6 Å². The van der Waals surface area contributed by atoms with Gasteiger partial charge in [0.25, 0.3) is 0 Å². The average molecular weight is 185 g/mol. The summed E-state index contributed by atoms with van der Waals surface area (Å²) in [5, 5.41) is 8.72. The topological polar surface area (TPSA) is 63.3 Å². The van der Waals surface area contributed by atoms with Crippen LogP contribution in [0.4, 0.5) is 0 Å². The quantitative estimate of drug-likeness (QED) is 0.642. The first-order valence-corrected chi connectivity index (χ1v) is 4.64. The molecule has 3 N–H and O–H groups in total. The molecule has 0 saturated carbocycles. The number of carbonyl (C=O) groups is 1. The zero-order valence-corrected chi connectivity index (χ0v) is 8.63. The Morgan fingerprint density at radius 1 is 1.46 bits per heavy atom. The monoisotopic (exact) mass is 185 g/mol. The summed E-state index contributed by atoms with van der Waals surface area (Å²) in [6, 6.07) is 0. The number of nitrogens with two attached hydrogens (primary N) is 1. The van der Waals surface area contributed by atoms with Gasteiger partial charge in [0.2, 0.25) is 0 Å². The molecule has 76 valence electrons. The van der Waals surface area contributed by atoms with Gasteiger partial charge in [0.05, 0.1) is 0 Å². The maximum atomic E-state index is 10.6. The second kappa shape index (κ2) is 5.02. The highest BCUT2D eigenvalue weighted by atomic mass is 16.4. The summed E-state index contributed by atoms with van der Waals surface area (Å²) >= 11 is 0. The normalized spacial score (nSPS) is 13.1. The lowest BCUT2D eigenvalue weighted by molar-refractivity contribution is -0.132. The van der Waals surface area contributed by atoms with Gasteiger partial charge < -0.3 is 10.8 Å². The Kier molecular flexibility index (Phi) is 4.70. The lowest BCUT2D eigenvalue weighted by Gasteiger charge is -2.26. The number of hydrogen-bond donors (Lipinski definition) is 2. The van der Waals surface area contributed by atoms with Crippen molar-refractivity contribution in [3.63, 3.8) is 0 Å². The van der Waals surface area contributed by atoms with Crippen LogP contribution < -0.4 is 5.73 Å². The summed E-state index contributed by atoms with van der Waals surface area (Å²) in [4.78, 5) is 10.6. The first-order valence-electron chi connectivity index (χ1n) is 4.64. The van der Waals surface area contributed by atoms with Gasteiger partial charge >= 0.3 is 5.97 Å². The maximum Gasteiger partial charge on any atom is 0.330 e. The Balaban J connectivity index is 4.76. The third kappa shape index (κ3) is 3.19. The second-order valence-electron chi connectivity index (χ2n) is 3.41. The first kappa shape index (κ1) is 12.2. The number of aliphatic carboxylic acids is 1. The summed E-state index contributed by atoms with van der Waals surface area (Å²) in [6.07, 6.45) is 3.55. The van der Waals surface area contributed by atoms with Gasteiger partial charge in [-0.15, -0.1) is 0 Å². The van der Waals surface area contributed by atoms with E-state index in [9.17, 15) is 4.79 Å². The number of hydrogen-bond acceptors (Lipinski definition) is 2. The van der Waals surface area contributed by atoms with Crippen LogP contribution in [-0.4, -0.2) is 17.6 Å². The van der Waals surface area contributed by atoms with E-state index < -0.39 is 5.97 Å². The van der Waals surface area contributed by atoms with Crippen molar-refractivity contribution >= 4 is 5.97 Å². The van der Waals surface area contributed by atoms with Gasteiger partial charge in [0, 0.05) is 17.5 Å². The van der Waals surface area contributed by atoms with Crippen LogP contribution in [0.15, 0.2) is 11.6 Å². The van der Waals surface area contributed by atoms with E-state index in [1.54, 1.807) is 13.0 Å². The van der Waals surface area contributed by atoms with Gasteiger partial charge in [-0.05, 0) is 19.8 Å². The van der Waals surface area contributed by atoms with Gasteiger partial charge in [-0.2, -0.15) is 0 Å². The van der Waals surface area contributed by atoms with Gasteiger partial charge in [-0.3, -0.25) is 0 Å². The van der Waals surface area contributed by atoms with Gasteiger partial charge in [-0.1, -0.05) is 19.9 Å². The van der Waals surface area contributed by atoms with Crippen molar-refractivity contribution in [2.75, 3.05) is 6.54 Å². The largest absolute Gasteiger partial charge is 0.478 e. The van der Waals surface area contributed by atoms with E-state index in [-0.39, 0.29) is 5.41 Å². The third-order valence-corrected chi connectivity index (χ3v) is 2.67. The molecule has 0 aliphatic rings. The molecular formula is C10H19NO2. The molecular weight excluding hydrogens is 166 g/mol. The highest BCUT2D eigenvalue weighted by Crippen LogP contribution is 2.27. The van der Waals surface area contributed by atoms with Gasteiger partial charge in [0.1, 0.15) is 0 Å². The molecule has 0 spiro atoms. The molecule has 0 amide bonds. The number of carboxylic acid groups (broad SMARTS) is 1. The van der Waals surface area contributed by atoms with E-state index in [0.717, 1.165) is 12.8 Å². The van der Waals surface area contributed by atoms with E-state index in [2.05, 4.69) is 0 Å². The molecule has 0 rings (SSSR count). The van der Waals surface area contributed by atoms with Crippen molar-refractivity contribution in [3.05, 3.63) is 11.6 Å². The fourth-order valence-electron chi connectivity index (χ4n) is 1.32. The fraction of sp³-hybridized carbons (Fsp3) is 0.700. The lowest BCUT2D eigenvalue weighted by Crippen LogP contribution is -2.27. The Morgan fingerprint density at radius 2 is 1.92 bits per heavy atom. The SMILES string of the molecule is CCC(/C=C(\C)C(=O)O)(CC)CN. The molecule has 0 saturated heterocycles. The molecule has 0 radical (unpaired) electrons. The van der Waals surface area contributed by atoms with Crippen LogP contribution in [0.25, 0.3) is 0 Å². The van der Waals surface area contributed by atoms with Crippen molar-refractivity contribution in [2.45, 2.75) is 33.6 Å². The molecule has 0 fully saturated rings. The predicted molar refractivity (Wildman–Crippen MR) is 53.5 cm³/mol. The average Bonchev–Trinajstić information content (AvgIpc) is 2.14. The third-order valence-electron chi connectivity index (χ3n) is 2.67. The van der Waals surface area contributed by atoms with E-state index >= 15 is 0 Å². The Morgan fingerprint density at radius 3 is 2.15 bits per heavy atom. The molecule has 0 heterocycles. The van der Waals surface area contributed by atoms with Crippen molar-refractivity contribution in [3.8, 4) is 0 Å². The summed E-state index contributed by atoms with van der Waals surface area (Å²) in [5.41, 5.74) is 5.89. The number of carboxylic acids is 1. The molecule has 0 bridgehead atoms. The van der Waals surface area contributed by atoms with Crippen LogP contribution >= 0.6 is 0 Å². The first-order chi connectivity index (χ1) is 6.01. The minimum absolute atomic E-state index is 0.136.